The lowest BCUT2D eigenvalue weighted by Gasteiger charge is -2.10. The van der Waals surface area contributed by atoms with Crippen LogP contribution in [0.1, 0.15) is 20.7 Å². The van der Waals surface area contributed by atoms with Crippen molar-refractivity contribution in [2.24, 2.45) is 11.5 Å². The summed E-state index contributed by atoms with van der Waals surface area (Å²) in [5.41, 5.74) is 10.4. The highest BCUT2D eigenvalue weighted by atomic mass is 35.5. The maximum absolute atomic E-state index is 12.0. The molecule has 2 aromatic rings. The highest BCUT2D eigenvalue weighted by Gasteiger charge is 2.14. The van der Waals surface area contributed by atoms with Crippen LogP contribution in [0.15, 0.2) is 30.3 Å². The molecule has 0 saturated carbocycles. The Balaban J connectivity index is 1.91. The van der Waals surface area contributed by atoms with Crippen LogP contribution in [0.3, 0.4) is 0 Å². The van der Waals surface area contributed by atoms with Crippen LogP contribution in [0.25, 0.3) is 0 Å². The zero-order chi connectivity index (χ0) is 22.4. The molecule has 0 aliphatic carbocycles. The molecule has 0 aliphatic rings. The van der Waals surface area contributed by atoms with Gasteiger partial charge in [0, 0.05) is 22.9 Å². The first-order valence-electron chi connectivity index (χ1n) is 8.04. The number of hydrogen-bond acceptors (Lipinski definition) is 6. The monoisotopic (exact) mass is 473 g/mol. The van der Waals surface area contributed by atoms with Gasteiger partial charge in [-0.3, -0.25) is 14.4 Å². The van der Waals surface area contributed by atoms with Gasteiger partial charge in [0.1, 0.15) is 5.75 Å². The second-order valence-electron chi connectivity index (χ2n) is 5.72. The van der Waals surface area contributed by atoms with Crippen LogP contribution in [-0.4, -0.2) is 36.9 Å². The van der Waals surface area contributed by atoms with Crippen molar-refractivity contribution in [2.75, 3.05) is 18.5 Å². The molecule has 0 aliphatic heterocycles. The highest BCUT2D eigenvalue weighted by molar-refractivity contribution is 6.43. The van der Waals surface area contributed by atoms with Crippen LogP contribution in [0.2, 0.25) is 15.1 Å². The maximum Gasteiger partial charge on any atom is 0.344 e. The van der Waals surface area contributed by atoms with E-state index in [0.717, 1.165) is 0 Å². The summed E-state index contributed by atoms with van der Waals surface area (Å²) in [7, 11) is 0. The molecule has 0 fully saturated rings. The predicted octanol–water partition coefficient (Wildman–Crippen LogP) is 2.41. The van der Waals surface area contributed by atoms with Crippen LogP contribution >= 0.6 is 34.8 Å². The lowest BCUT2D eigenvalue weighted by Crippen LogP contribution is -2.24. The molecule has 158 valence electrons. The normalized spacial score (nSPS) is 10.2. The van der Waals surface area contributed by atoms with E-state index in [4.69, 9.17) is 55.7 Å². The zero-order valence-electron chi connectivity index (χ0n) is 15.0. The van der Waals surface area contributed by atoms with Crippen LogP contribution in [0.5, 0.6) is 5.75 Å². The van der Waals surface area contributed by atoms with Crippen molar-refractivity contribution in [1.82, 2.24) is 0 Å². The van der Waals surface area contributed by atoms with Crippen LogP contribution in [0.4, 0.5) is 5.69 Å². The maximum atomic E-state index is 12.0. The fraction of sp³-hybridized carbons (Fsp3) is 0.111. The zero-order valence-corrected chi connectivity index (χ0v) is 17.3. The molecule has 0 saturated heterocycles. The molecule has 0 radical (unpaired) electrons. The van der Waals surface area contributed by atoms with Crippen molar-refractivity contribution in [2.45, 2.75) is 0 Å². The average Bonchev–Trinajstić information content (AvgIpc) is 2.67. The van der Waals surface area contributed by atoms with E-state index in [1.807, 2.05) is 0 Å². The smallest absolute Gasteiger partial charge is 0.344 e. The fourth-order valence-electron chi connectivity index (χ4n) is 2.12. The van der Waals surface area contributed by atoms with E-state index in [1.54, 1.807) is 0 Å². The minimum Gasteiger partial charge on any atom is -0.480 e. The molecule has 9 nitrogen and oxygen atoms in total. The standard InChI is InChI=1S/C18H14Cl3N3O6/c19-11-4-13(21)14(5-12(11)20)29-7-16(26)30-6-15(25)24-10-2-8(17(22)27)1-9(3-10)18(23)28/h1-5H,6-7H2,(H2,22,27)(H2,23,28)(H,24,25). The molecule has 0 aromatic heterocycles. The number of nitrogens with two attached hydrogens (primary N) is 2. The van der Waals surface area contributed by atoms with Gasteiger partial charge in [-0.15, -0.1) is 0 Å². The van der Waals surface area contributed by atoms with E-state index >= 15 is 0 Å². The minimum absolute atomic E-state index is 0.0366. The van der Waals surface area contributed by atoms with Gasteiger partial charge in [0.25, 0.3) is 5.91 Å². The molecule has 5 N–H and O–H groups in total. The Morgan fingerprint density at radius 2 is 1.37 bits per heavy atom. The number of nitrogens with one attached hydrogen (secondary N) is 1. The van der Waals surface area contributed by atoms with Gasteiger partial charge in [0.15, 0.2) is 13.2 Å². The Morgan fingerprint density at radius 1 is 0.800 bits per heavy atom. The Labute approximate surface area is 185 Å². The Morgan fingerprint density at radius 3 is 1.93 bits per heavy atom. The van der Waals surface area contributed by atoms with Crippen molar-refractivity contribution in [3.8, 4) is 5.75 Å². The molecule has 30 heavy (non-hydrogen) atoms. The number of amides is 3. The quantitative estimate of drug-likeness (QED) is 0.395. The second-order valence-corrected chi connectivity index (χ2v) is 6.94. The molecule has 0 atom stereocenters. The van der Waals surface area contributed by atoms with Crippen molar-refractivity contribution >= 4 is 64.2 Å². The summed E-state index contributed by atoms with van der Waals surface area (Å²) in [6, 6.07) is 6.34. The summed E-state index contributed by atoms with van der Waals surface area (Å²) < 4.78 is 9.97. The van der Waals surface area contributed by atoms with Gasteiger partial charge in [-0.1, -0.05) is 34.8 Å². The number of ether oxygens (including phenoxy) is 2. The lowest BCUT2D eigenvalue weighted by molar-refractivity contribution is -0.149. The molecule has 2 rings (SSSR count). The summed E-state index contributed by atoms with van der Waals surface area (Å²) in [6.07, 6.45) is 0. The van der Waals surface area contributed by atoms with E-state index in [-0.39, 0.29) is 37.6 Å². The van der Waals surface area contributed by atoms with Crippen molar-refractivity contribution in [1.29, 1.82) is 0 Å². The third kappa shape index (κ3) is 6.51. The van der Waals surface area contributed by atoms with Gasteiger partial charge in [-0.25, -0.2) is 4.79 Å². The summed E-state index contributed by atoms with van der Waals surface area (Å²) in [6.45, 7) is -1.21. The van der Waals surface area contributed by atoms with Gasteiger partial charge in [0.2, 0.25) is 11.8 Å². The number of anilines is 1. The van der Waals surface area contributed by atoms with Crippen LogP contribution < -0.4 is 21.5 Å². The van der Waals surface area contributed by atoms with E-state index in [9.17, 15) is 19.2 Å². The number of carbonyl (C=O) groups excluding carboxylic acids is 4. The first-order chi connectivity index (χ1) is 14.1. The predicted molar refractivity (Wildman–Crippen MR) is 110 cm³/mol. The third-order valence-corrected chi connectivity index (χ3v) is 4.49. The largest absolute Gasteiger partial charge is 0.480 e. The lowest BCUT2D eigenvalue weighted by atomic mass is 10.1. The van der Waals surface area contributed by atoms with Crippen molar-refractivity contribution in [3.63, 3.8) is 0 Å². The summed E-state index contributed by atoms with van der Waals surface area (Å²) in [4.78, 5) is 46.4. The molecular weight excluding hydrogens is 461 g/mol. The van der Waals surface area contributed by atoms with Crippen molar-refractivity contribution in [3.05, 3.63) is 56.5 Å². The number of benzene rings is 2. The van der Waals surface area contributed by atoms with E-state index in [0.29, 0.717) is 0 Å². The molecule has 0 unspecified atom stereocenters. The first kappa shape index (κ1) is 23.3. The second kappa shape index (κ2) is 10.1. The third-order valence-electron chi connectivity index (χ3n) is 3.47. The SMILES string of the molecule is NC(=O)c1cc(NC(=O)COC(=O)COc2cc(Cl)c(Cl)cc2Cl)cc(C(N)=O)c1. The van der Waals surface area contributed by atoms with E-state index < -0.39 is 36.9 Å². The highest BCUT2D eigenvalue weighted by Crippen LogP contribution is 2.33. The van der Waals surface area contributed by atoms with E-state index in [1.165, 1.54) is 30.3 Å². The summed E-state index contributed by atoms with van der Waals surface area (Å²) in [5, 5.41) is 2.89. The molecule has 3 amide bonds. The Hall–Kier alpha value is -3.01. The van der Waals surface area contributed by atoms with Gasteiger partial charge < -0.3 is 26.3 Å². The van der Waals surface area contributed by atoms with Gasteiger partial charge in [-0.05, 0) is 24.3 Å². The van der Waals surface area contributed by atoms with Gasteiger partial charge in [0.05, 0.1) is 15.1 Å². The summed E-state index contributed by atoms with van der Waals surface area (Å²) in [5.74, 6) is -3.14. The number of primary amides is 2. The first-order valence-corrected chi connectivity index (χ1v) is 9.17. The average molecular weight is 475 g/mol. The number of rotatable bonds is 8. The number of esters is 1. The van der Waals surface area contributed by atoms with Gasteiger partial charge >= 0.3 is 5.97 Å². The number of hydrogen-bond donors (Lipinski definition) is 3. The Kier molecular flexibility index (Phi) is 7.87. The molecule has 2 aromatic carbocycles. The molecular formula is C18H14Cl3N3O6. The molecule has 12 heteroatoms. The fourth-order valence-corrected chi connectivity index (χ4v) is 2.71. The van der Waals surface area contributed by atoms with Crippen LogP contribution in [-0.2, 0) is 14.3 Å². The Bertz CT molecular complexity index is 996. The number of halogens is 3. The summed E-state index contributed by atoms with van der Waals surface area (Å²) >= 11 is 17.6. The van der Waals surface area contributed by atoms with Crippen molar-refractivity contribution < 1.29 is 28.7 Å². The molecule has 0 heterocycles. The van der Waals surface area contributed by atoms with Crippen LogP contribution in [0, 0.1) is 0 Å². The molecule has 0 bridgehead atoms. The number of carbonyl (C=O) groups is 4. The topological polar surface area (TPSA) is 151 Å². The minimum atomic E-state index is -0.865. The van der Waals surface area contributed by atoms with Gasteiger partial charge in [-0.2, -0.15) is 0 Å². The molecule has 0 spiro atoms. The van der Waals surface area contributed by atoms with E-state index in [2.05, 4.69) is 5.32 Å².